The van der Waals surface area contributed by atoms with E-state index in [0.717, 1.165) is 5.56 Å². The van der Waals surface area contributed by atoms with Gasteiger partial charge in [-0.2, -0.15) is 0 Å². The highest BCUT2D eigenvalue weighted by atomic mass is 16.3. The zero-order chi connectivity index (χ0) is 10.4. The highest BCUT2D eigenvalue weighted by Crippen LogP contribution is 2.16. The van der Waals surface area contributed by atoms with E-state index in [2.05, 4.69) is 0 Å². The Balaban J connectivity index is 2.47. The van der Waals surface area contributed by atoms with E-state index in [4.69, 9.17) is 5.11 Å². The van der Waals surface area contributed by atoms with Gasteiger partial charge in [-0.15, -0.1) is 0 Å². The van der Waals surface area contributed by atoms with Crippen molar-refractivity contribution in [2.24, 2.45) is 0 Å². The maximum atomic E-state index is 9.70. The van der Waals surface area contributed by atoms with Crippen molar-refractivity contribution in [3.05, 3.63) is 48.0 Å². The van der Waals surface area contributed by atoms with Crippen LogP contribution in [-0.2, 0) is 0 Å². The fraction of sp³-hybridized carbons (Fsp3) is 0.333. The summed E-state index contributed by atoms with van der Waals surface area (Å²) in [4.78, 5) is 0. The minimum Gasteiger partial charge on any atom is -0.389 e. The molecule has 0 fully saturated rings. The SMILES string of the molecule is CC(O)/C=C\CC(O)c1ccccc1. The second kappa shape index (κ2) is 5.58. The summed E-state index contributed by atoms with van der Waals surface area (Å²) in [7, 11) is 0. The molecule has 0 bridgehead atoms. The Labute approximate surface area is 84.5 Å². The van der Waals surface area contributed by atoms with Gasteiger partial charge in [0.25, 0.3) is 0 Å². The van der Waals surface area contributed by atoms with E-state index < -0.39 is 12.2 Å². The normalized spacial score (nSPS) is 15.6. The lowest BCUT2D eigenvalue weighted by Crippen LogP contribution is -1.96. The van der Waals surface area contributed by atoms with Crippen molar-refractivity contribution in [3.8, 4) is 0 Å². The lowest BCUT2D eigenvalue weighted by Gasteiger charge is -2.07. The Kier molecular flexibility index (Phi) is 4.36. The van der Waals surface area contributed by atoms with Gasteiger partial charge in [0, 0.05) is 0 Å². The topological polar surface area (TPSA) is 40.5 Å². The number of rotatable bonds is 4. The van der Waals surface area contributed by atoms with Gasteiger partial charge in [-0.3, -0.25) is 0 Å². The van der Waals surface area contributed by atoms with Crippen LogP contribution < -0.4 is 0 Å². The summed E-state index contributed by atoms with van der Waals surface area (Å²) in [6.45, 7) is 1.69. The molecule has 0 saturated carbocycles. The summed E-state index contributed by atoms with van der Waals surface area (Å²) in [5.74, 6) is 0. The van der Waals surface area contributed by atoms with Crippen LogP contribution >= 0.6 is 0 Å². The predicted molar refractivity (Wildman–Crippen MR) is 56.8 cm³/mol. The van der Waals surface area contributed by atoms with Gasteiger partial charge in [-0.1, -0.05) is 42.5 Å². The van der Waals surface area contributed by atoms with Crippen molar-refractivity contribution in [2.75, 3.05) is 0 Å². The quantitative estimate of drug-likeness (QED) is 0.717. The summed E-state index contributed by atoms with van der Waals surface area (Å²) >= 11 is 0. The zero-order valence-corrected chi connectivity index (χ0v) is 8.30. The minimum atomic E-state index is -0.480. The number of aliphatic hydroxyl groups is 2. The molecule has 76 valence electrons. The molecule has 0 saturated heterocycles. The maximum Gasteiger partial charge on any atom is 0.0824 e. The molecule has 1 rings (SSSR count). The van der Waals surface area contributed by atoms with Crippen LogP contribution in [0, 0.1) is 0 Å². The third-order valence-electron chi connectivity index (χ3n) is 1.96. The third kappa shape index (κ3) is 3.73. The van der Waals surface area contributed by atoms with Crippen molar-refractivity contribution in [3.63, 3.8) is 0 Å². The first-order chi connectivity index (χ1) is 6.70. The Bertz CT molecular complexity index is 278. The Morgan fingerprint density at radius 2 is 1.86 bits per heavy atom. The molecular formula is C12H16O2. The van der Waals surface area contributed by atoms with Crippen LogP contribution in [0.3, 0.4) is 0 Å². The summed E-state index contributed by atoms with van der Waals surface area (Å²) in [6.07, 6.45) is 3.08. The lowest BCUT2D eigenvalue weighted by atomic mass is 10.1. The number of benzene rings is 1. The standard InChI is InChI=1S/C12H16O2/c1-10(13)6-5-9-12(14)11-7-3-2-4-8-11/h2-8,10,12-14H,9H2,1H3/b6-5-. The van der Waals surface area contributed by atoms with Crippen LogP contribution in [0.2, 0.25) is 0 Å². The molecule has 0 aromatic heterocycles. The van der Waals surface area contributed by atoms with Gasteiger partial charge in [0.05, 0.1) is 12.2 Å². The average Bonchev–Trinajstić information content (AvgIpc) is 2.18. The highest BCUT2D eigenvalue weighted by molar-refractivity contribution is 5.17. The van der Waals surface area contributed by atoms with Gasteiger partial charge in [0.1, 0.15) is 0 Å². The van der Waals surface area contributed by atoms with Crippen LogP contribution in [0.4, 0.5) is 0 Å². The zero-order valence-electron chi connectivity index (χ0n) is 8.30. The maximum absolute atomic E-state index is 9.70. The molecule has 2 atom stereocenters. The third-order valence-corrected chi connectivity index (χ3v) is 1.96. The van der Waals surface area contributed by atoms with Crippen LogP contribution in [0.5, 0.6) is 0 Å². The van der Waals surface area contributed by atoms with E-state index in [-0.39, 0.29) is 0 Å². The second-order valence-electron chi connectivity index (χ2n) is 3.33. The van der Waals surface area contributed by atoms with E-state index in [0.29, 0.717) is 6.42 Å². The van der Waals surface area contributed by atoms with Crippen LogP contribution in [-0.4, -0.2) is 16.3 Å². The van der Waals surface area contributed by atoms with Crippen molar-refractivity contribution < 1.29 is 10.2 Å². The van der Waals surface area contributed by atoms with E-state index in [1.54, 1.807) is 19.1 Å². The number of hydrogen-bond donors (Lipinski definition) is 2. The molecule has 2 N–H and O–H groups in total. The molecular weight excluding hydrogens is 176 g/mol. The predicted octanol–water partition coefficient (Wildman–Crippen LogP) is 2.05. The van der Waals surface area contributed by atoms with Crippen LogP contribution in [0.25, 0.3) is 0 Å². The van der Waals surface area contributed by atoms with Gasteiger partial charge >= 0.3 is 0 Å². The Morgan fingerprint density at radius 1 is 1.21 bits per heavy atom. The Hall–Kier alpha value is -1.12. The van der Waals surface area contributed by atoms with Crippen LogP contribution in [0.15, 0.2) is 42.5 Å². The lowest BCUT2D eigenvalue weighted by molar-refractivity contribution is 0.180. The molecule has 1 aromatic rings. The first kappa shape index (κ1) is 11.0. The average molecular weight is 192 g/mol. The van der Waals surface area contributed by atoms with Crippen LogP contribution in [0.1, 0.15) is 25.0 Å². The smallest absolute Gasteiger partial charge is 0.0824 e. The van der Waals surface area contributed by atoms with Gasteiger partial charge in [-0.05, 0) is 18.9 Å². The molecule has 2 unspecified atom stereocenters. The van der Waals surface area contributed by atoms with Crippen molar-refractivity contribution >= 4 is 0 Å². The molecule has 2 heteroatoms. The first-order valence-electron chi connectivity index (χ1n) is 4.78. The fourth-order valence-electron chi connectivity index (χ4n) is 1.22. The summed E-state index contributed by atoms with van der Waals surface area (Å²) < 4.78 is 0. The minimum absolute atomic E-state index is 0.446. The van der Waals surface area contributed by atoms with E-state index in [1.165, 1.54) is 0 Å². The summed E-state index contributed by atoms with van der Waals surface area (Å²) in [5.41, 5.74) is 0.905. The molecule has 1 aromatic carbocycles. The molecule has 14 heavy (non-hydrogen) atoms. The van der Waals surface area contributed by atoms with E-state index in [9.17, 15) is 5.11 Å². The van der Waals surface area contributed by atoms with Gasteiger partial charge in [-0.25, -0.2) is 0 Å². The molecule has 0 aliphatic heterocycles. The van der Waals surface area contributed by atoms with Gasteiger partial charge < -0.3 is 10.2 Å². The Morgan fingerprint density at radius 3 is 2.43 bits per heavy atom. The highest BCUT2D eigenvalue weighted by Gasteiger charge is 2.03. The number of aliphatic hydroxyl groups excluding tert-OH is 2. The van der Waals surface area contributed by atoms with Crippen molar-refractivity contribution in [1.29, 1.82) is 0 Å². The van der Waals surface area contributed by atoms with Crippen molar-refractivity contribution in [1.82, 2.24) is 0 Å². The summed E-state index contributed by atoms with van der Waals surface area (Å²) in [5, 5.41) is 18.7. The largest absolute Gasteiger partial charge is 0.389 e. The van der Waals surface area contributed by atoms with E-state index >= 15 is 0 Å². The molecule has 0 amide bonds. The first-order valence-corrected chi connectivity index (χ1v) is 4.78. The molecule has 0 spiro atoms. The molecule has 0 aliphatic carbocycles. The van der Waals surface area contributed by atoms with Gasteiger partial charge in [0.15, 0.2) is 0 Å². The molecule has 0 radical (unpaired) electrons. The fourth-order valence-corrected chi connectivity index (χ4v) is 1.22. The van der Waals surface area contributed by atoms with E-state index in [1.807, 2.05) is 30.3 Å². The van der Waals surface area contributed by atoms with Gasteiger partial charge in [0.2, 0.25) is 0 Å². The molecule has 2 nitrogen and oxygen atoms in total. The summed E-state index contributed by atoms with van der Waals surface area (Å²) in [6, 6.07) is 9.50. The monoisotopic (exact) mass is 192 g/mol. The molecule has 0 aliphatic rings. The molecule has 0 heterocycles. The second-order valence-corrected chi connectivity index (χ2v) is 3.33. The number of hydrogen-bond acceptors (Lipinski definition) is 2. The van der Waals surface area contributed by atoms with Crippen molar-refractivity contribution in [2.45, 2.75) is 25.6 Å².